The Bertz CT molecular complexity index is 387. The molecule has 1 aliphatic heterocycles. The maximum absolute atomic E-state index is 12.8. The van der Waals surface area contributed by atoms with Crippen molar-refractivity contribution in [2.45, 2.75) is 51.0 Å². The highest BCUT2D eigenvalue weighted by Crippen LogP contribution is 2.39. The minimum Gasteiger partial charge on any atom is -0.409 e. The summed E-state index contributed by atoms with van der Waals surface area (Å²) in [5.41, 5.74) is 4.12. The second kappa shape index (κ2) is 5.00. The molecule has 1 amide bonds. The summed E-state index contributed by atoms with van der Waals surface area (Å²) in [5.74, 6) is -0.0796. The average Bonchev–Trinajstić information content (AvgIpc) is 2.78. The van der Waals surface area contributed by atoms with Gasteiger partial charge in [-0.25, -0.2) is 0 Å². The number of aliphatic hydroxyl groups is 1. The van der Waals surface area contributed by atoms with Crippen molar-refractivity contribution in [2.24, 2.45) is 16.3 Å². The molecular weight excluding hydrogens is 246 g/mol. The predicted molar refractivity (Wildman–Crippen MR) is 70.7 cm³/mol. The van der Waals surface area contributed by atoms with Gasteiger partial charge in [0.15, 0.2) is 5.84 Å². The SMILES string of the molecule is CC1(O)CCN(C(=O)C2(C(N)=NO)CCCCC2)C1. The molecular formula is C13H23N3O3. The van der Waals surface area contributed by atoms with E-state index < -0.39 is 11.0 Å². The fraction of sp³-hybridized carbons (Fsp3) is 0.846. The van der Waals surface area contributed by atoms with Gasteiger partial charge in [-0.1, -0.05) is 24.4 Å². The molecule has 1 unspecified atom stereocenters. The van der Waals surface area contributed by atoms with Gasteiger partial charge in [-0.15, -0.1) is 0 Å². The van der Waals surface area contributed by atoms with Gasteiger partial charge in [0.2, 0.25) is 5.91 Å². The van der Waals surface area contributed by atoms with Gasteiger partial charge in [0.1, 0.15) is 5.41 Å². The number of amidine groups is 1. The second-order valence-electron chi connectivity index (χ2n) is 6.10. The van der Waals surface area contributed by atoms with E-state index >= 15 is 0 Å². The summed E-state index contributed by atoms with van der Waals surface area (Å²) < 4.78 is 0. The highest BCUT2D eigenvalue weighted by molar-refractivity contribution is 6.06. The highest BCUT2D eigenvalue weighted by atomic mass is 16.4. The first-order chi connectivity index (χ1) is 8.91. The van der Waals surface area contributed by atoms with E-state index in [2.05, 4.69) is 5.16 Å². The monoisotopic (exact) mass is 269 g/mol. The zero-order valence-electron chi connectivity index (χ0n) is 11.4. The summed E-state index contributed by atoms with van der Waals surface area (Å²) in [4.78, 5) is 14.4. The number of nitrogens with zero attached hydrogens (tertiary/aromatic N) is 2. The van der Waals surface area contributed by atoms with E-state index in [0.717, 1.165) is 19.3 Å². The molecule has 1 atom stereocenters. The summed E-state index contributed by atoms with van der Waals surface area (Å²) in [7, 11) is 0. The van der Waals surface area contributed by atoms with Crippen LogP contribution in [0.1, 0.15) is 45.4 Å². The predicted octanol–water partition coefficient (Wildman–Crippen LogP) is 0.667. The number of carbonyl (C=O) groups excluding carboxylic acids is 1. The Morgan fingerprint density at radius 3 is 2.37 bits per heavy atom. The van der Waals surface area contributed by atoms with Crippen molar-refractivity contribution < 1.29 is 15.1 Å². The molecule has 1 aliphatic carbocycles. The Labute approximate surface area is 113 Å². The van der Waals surface area contributed by atoms with Crippen molar-refractivity contribution >= 4 is 11.7 Å². The molecule has 108 valence electrons. The molecule has 0 bridgehead atoms. The van der Waals surface area contributed by atoms with Crippen LogP contribution in [0.15, 0.2) is 5.16 Å². The van der Waals surface area contributed by atoms with E-state index in [-0.39, 0.29) is 11.7 Å². The van der Waals surface area contributed by atoms with E-state index in [1.165, 1.54) is 0 Å². The van der Waals surface area contributed by atoms with Gasteiger partial charge in [0, 0.05) is 13.1 Å². The molecule has 2 rings (SSSR count). The van der Waals surface area contributed by atoms with Crippen LogP contribution in [0.2, 0.25) is 0 Å². The zero-order chi connectivity index (χ0) is 14.1. The van der Waals surface area contributed by atoms with Crippen LogP contribution in [0.3, 0.4) is 0 Å². The molecule has 6 nitrogen and oxygen atoms in total. The quantitative estimate of drug-likeness (QED) is 0.297. The van der Waals surface area contributed by atoms with E-state index in [1.807, 2.05) is 0 Å². The van der Waals surface area contributed by atoms with Crippen molar-refractivity contribution in [3.05, 3.63) is 0 Å². The van der Waals surface area contributed by atoms with Gasteiger partial charge in [0.25, 0.3) is 0 Å². The largest absolute Gasteiger partial charge is 0.409 e. The molecule has 1 saturated heterocycles. The van der Waals surface area contributed by atoms with Gasteiger partial charge in [-0.3, -0.25) is 4.79 Å². The normalized spacial score (nSPS) is 31.5. The fourth-order valence-electron chi connectivity index (χ4n) is 3.25. The van der Waals surface area contributed by atoms with Crippen LogP contribution in [0.5, 0.6) is 0 Å². The van der Waals surface area contributed by atoms with Crippen LogP contribution >= 0.6 is 0 Å². The lowest BCUT2D eigenvalue weighted by atomic mass is 9.72. The standard InChI is InChI=1S/C13H23N3O3/c1-12(18)7-8-16(9-12)11(17)13(10(14)15-19)5-3-2-4-6-13/h18-19H,2-9H2,1H3,(H2,14,15). The maximum Gasteiger partial charge on any atom is 0.236 e. The Balaban J connectivity index is 2.22. The number of hydrogen-bond acceptors (Lipinski definition) is 4. The Hall–Kier alpha value is -1.30. The lowest BCUT2D eigenvalue weighted by Crippen LogP contribution is -2.52. The number of likely N-dealkylation sites (tertiary alicyclic amines) is 1. The third-order valence-corrected chi connectivity index (χ3v) is 4.45. The van der Waals surface area contributed by atoms with Gasteiger partial charge in [-0.2, -0.15) is 0 Å². The lowest BCUT2D eigenvalue weighted by Gasteiger charge is -2.37. The molecule has 0 aromatic rings. The highest BCUT2D eigenvalue weighted by Gasteiger charge is 2.48. The number of β-amino-alcohol motifs (C(OH)–C–C–N with tert-alkyl or cyclic N) is 1. The van der Waals surface area contributed by atoms with Crippen LogP contribution in [0, 0.1) is 5.41 Å². The van der Waals surface area contributed by atoms with Crippen LogP contribution < -0.4 is 5.73 Å². The van der Waals surface area contributed by atoms with Crippen molar-refractivity contribution in [2.75, 3.05) is 13.1 Å². The van der Waals surface area contributed by atoms with E-state index in [4.69, 9.17) is 10.9 Å². The van der Waals surface area contributed by atoms with Crippen LogP contribution in [-0.4, -0.2) is 45.6 Å². The molecule has 1 heterocycles. The molecule has 0 aromatic carbocycles. The number of nitrogens with two attached hydrogens (primary N) is 1. The first kappa shape index (κ1) is 14.1. The summed E-state index contributed by atoms with van der Waals surface area (Å²) in [6.45, 7) is 2.59. The van der Waals surface area contributed by atoms with Gasteiger partial charge >= 0.3 is 0 Å². The van der Waals surface area contributed by atoms with Crippen molar-refractivity contribution in [3.63, 3.8) is 0 Å². The molecule has 0 aromatic heterocycles. The lowest BCUT2D eigenvalue weighted by molar-refractivity contribution is -0.139. The summed E-state index contributed by atoms with van der Waals surface area (Å²) in [5, 5.41) is 22.1. The van der Waals surface area contributed by atoms with Crippen molar-refractivity contribution in [1.29, 1.82) is 0 Å². The van der Waals surface area contributed by atoms with E-state index in [9.17, 15) is 9.90 Å². The number of hydrogen-bond donors (Lipinski definition) is 3. The Morgan fingerprint density at radius 2 is 1.89 bits per heavy atom. The van der Waals surface area contributed by atoms with Crippen molar-refractivity contribution in [3.8, 4) is 0 Å². The van der Waals surface area contributed by atoms with Crippen LogP contribution in [0.25, 0.3) is 0 Å². The topological polar surface area (TPSA) is 99.2 Å². The Kier molecular flexibility index (Phi) is 3.71. The molecule has 2 fully saturated rings. The third kappa shape index (κ3) is 2.54. The number of amides is 1. The van der Waals surface area contributed by atoms with Crippen LogP contribution in [-0.2, 0) is 4.79 Å². The van der Waals surface area contributed by atoms with Crippen LogP contribution in [0.4, 0.5) is 0 Å². The molecule has 0 radical (unpaired) electrons. The summed E-state index contributed by atoms with van der Waals surface area (Å²) >= 11 is 0. The van der Waals surface area contributed by atoms with Gasteiger partial charge in [0.05, 0.1) is 5.60 Å². The average molecular weight is 269 g/mol. The summed E-state index contributed by atoms with van der Waals surface area (Å²) in [6, 6.07) is 0. The maximum atomic E-state index is 12.8. The smallest absolute Gasteiger partial charge is 0.236 e. The first-order valence-electron chi connectivity index (χ1n) is 6.91. The molecule has 19 heavy (non-hydrogen) atoms. The Morgan fingerprint density at radius 1 is 1.26 bits per heavy atom. The number of rotatable bonds is 2. The second-order valence-corrected chi connectivity index (χ2v) is 6.10. The zero-order valence-corrected chi connectivity index (χ0v) is 11.4. The van der Waals surface area contributed by atoms with E-state index in [1.54, 1.807) is 11.8 Å². The molecule has 4 N–H and O–H groups in total. The molecule has 0 spiro atoms. The number of carbonyl (C=O) groups is 1. The fourth-order valence-corrected chi connectivity index (χ4v) is 3.25. The van der Waals surface area contributed by atoms with Gasteiger partial charge < -0.3 is 20.9 Å². The first-order valence-corrected chi connectivity index (χ1v) is 6.91. The molecule has 2 aliphatic rings. The minimum absolute atomic E-state index is 0.0174. The summed E-state index contributed by atoms with van der Waals surface area (Å²) in [6.07, 6.45) is 4.72. The molecule has 1 saturated carbocycles. The third-order valence-electron chi connectivity index (χ3n) is 4.45. The van der Waals surface area contributed by atoms with Gasteiger partial charge in [-0.05, 0) is 26.2 Å². The molecule has 6 heteroatoms. The number of oxime groups is 1. The van der Waals surface area contributed by atoms with Crippen molar-refractivity contribution in [1.82, 2.24) is 4.90 Å². The van der Waals surface area contributed by atoms with E-state index in [0.29, 0.717) is 32.4 Å². The minimum atomic E-state index is -0.868.